The standard InChI is InChI=1S/C22H24ClN5O2/c1-22(2,3)30-21(29)27-18-11-7-10-17(12-18)26-19-15(14-25-20(23)28-19)13-24-16-8-5-4-6-9-16/h4-12,14,24H,13H2,1-3H3,(H,27,29)(H,25,26,28). The molecule has 0 radical (unpaired) electrons. The van der Waals surface area contributed by atoms with Gasteiger partial charge in [-0.1, -0.05) is 24.3 Å². The van der Waals surface area contributed by atoms with E-state index in [1.165, 1.54) is 0 Å². The monoisotopic (exact) mass is 425 g/mol. The van der Waals surface area contributed by atoms with Crippen LogP contribution in [0.15, 0.2) is 60.8 Å². The van der Waals surface area contributed by atoms with Crippen LogP contribution in [0, 0.1) is 0 Å². The summed E-state index contributed by atoms with van der Waals surface area (Å²) in [4.78, 5) is 20.4. The molecular weight excluding hydrogens is 402 g/mol. The highest BCUT2D eigenvalue weighted by molar-refractivity contribution is 6.28. The van der Waals surface area contributed by atoms with Crippen molar-refractivity contribution >= 4 is 40.6 Å². The summed E-state index contributed by atoms with van der Waals surface area (Å²) in [5, 5.41) is 9.44. The van der Waals surface area contributed by atoms with E-state index in [0.717, 1.165) is 16.9 Å². The number of hydrogen-bond donors (Lipinski definition) is 3. The maximum absolute atomic E-state index is 12.0. The predicted molar refractivity (Wildman–Crippen MR) is 120 cm³/mol. The number of anilines is 4. The lowest BCUT2D eigenvalue weighted by molar-refractivity contribution is 0.0636. The van der Waals surface area contributed by atoms with E-state index in [4.69, 9.17) is 16.3 Å². The van der Waals surface area contributed by atoms with E-state index in [0.29, 0.717) is 18.1 Å². The number of rotatable bonds is 6. The van der Waals surface area contributed by atoms with Gasteiger partial charge in [-0.15, -0.1) is 0 Å². The zero-order valence-corrected chi connectivity index (χ0v) is 17.8. The number of halogens is 1. The summed E-state index contributed by atoms with van der Waals surface area (Å²) in [7, 11) is 0. The Morgan fingerprint density at radius 3 is 2.47 bits per heavy atom. The molecule has 3 rings (SSSR count). The molecule has 0 fully saturated rings. The number of carbonyl (C=O) groups is 1. The normalized spacial score (nSPS) is 10.9. The van der Waals surface area contributed by atoms with E-state index in [1.807, 2.05) is 63.2 Å². The minimum absolute atomic E-state index is 0.143. The fourth-order valence-electron chi connectivity index (χ4n) is 2.61. The Bertz CT molecular complexity index is 1010. The molecule has 0 saturated carbocycles. The van der Waals surface area contributed by atoms with Crippen LogP contribution >= 0.6 is 11.6 Å². The van der Waals surface area contributed by atoms with E-state index in [-0.39, 0.29) is 5.28 Å². The van der Waals surface area contributed by atoms with Gasteiger partial charge in [-0.25, -0.2) is 14.8 Å². The molecule has 2 aromatic carbocycles. The highest BCUT2D eigenvalue weighted by Gasteiger charge is 2.16. The lowest BCUT2D eigenvalue weighted by Crippen LogP contribution is -2.27. The molecular formula is C22H24ClN5O2. The van der Waals surface area contributed by atoms with Crippen LogP contribution < -0.4 is 16.0 Å². The maximum Gasteiger partial charge on any atom is 0.412 e. The van der Waals surface area contributed by atoms with Crippen molar-refractivity contribution in [3.63, 3.8) is 0 Å². The zero-order chi connectivity index (χ0) is 21.6. The zero-order valence-electron chi connectivity index (χ0n) is 17.1. The summed E-state index contributed by atoms with van der Waals surface area (Å²) < 4.78 is 5.29. The first-order chi connectivity index (χ1) is 14.3. The van der Waals surface area contributed by atoms with Gasteiger partial charge in [0.15, 0.2) is 0 Å². The highest BCUT2D eigenvalue weighted by atomic mass is 35.5. The van der Waals surface area contributed by atoms with Gasteiger partial charge in [-0.05, 0) is 62.7 Å². The van der Waals surface area contributed by atoms with Crippen molar-refractivity contribution in [2.75, 3.05) is 16.0 Å². The number of carbonyl (C=O) groups excluding carboxylic acids is 1. The summed E-state index contributed by atoms with van der Waals surface area (Å²) in [6, 6.07) is 17.1. The Balaban J connectivity index is 1.72. The largest absolute Gasteiger partial charge is 0.444 e. The molecule has 7 nitrogen and oxygen atoms in total. The summed E-state index contributed by atoms with van der Waals surface area (Å²) in [6.45, 7) is 5.95. The Morgan fingerprint density at radius 2 is 1.73 bits per heavy atom. The molecule has 1 amide bonds. The van der Waals surface area contributed by atoms with E-state index in [1.54, 1.807) is 18.3 Å². The average molecular weight is 426 g/mol. The first kappa shape index (κ1) is 21.4. The van der Waals surface area contributed by atoms with Crippen LogP contribution in [0.25, 0.3) is 0 Å². The lowest BCUT2D eigenvalue weighted by Gasteiger charge is -2.20. The van der Waals surface area contributed by atoms with Gasteiger partial charge >= 0.3 is 6.09 Å². The number of nitrogens with one attached hydrogen (secondary N) is 3. The number of ether oxygens (including phenoxy) is 1. The molecule has 3 N–H and O–H groups in total. The molecule has 0 bridgehead atoms. The van der Waals surface area contributed by atoms with Gasteiger partial charge in [-0.3, -0.25) is 5.32 Å². The van der Waals surface area contributed by atoms with Gasteiger partial charge in [0, 0.05) is 35.4 Å². The molecule has 156 valence electrons. The number of nitrogens with zero attached hydrogens (tertiary/aromatic N) is 2. The van der Waals surface area contributed by atoms with Crippen LogP contribution in [0.5, 0.6) is 0 Å². The molecule has 1 aromatic heterocycles. The summed E-state index contributed by atoms with van der Waals surface area (Å²) in [6.07, 6.45) is 1.16. The third kappa shape index (κ3) is 6.63. The van der Waals surface area contributed by atoms with E-state index >= 15 is 0 Å². The smallest absolute Gasteiger partial charge is 0.412 e. The van der Waals surface area contributed by atoms with Crippen molar-refractivity contribution in [3.05, 3.63) is 71.6 Å². The van der Waals surface area contributed by atoms with E-state index < -0.39 is 11.7 Å². The molecule has 1 heterocycles. The fraction of sp³-hybridized carbons (Fsp3) is 0.227. The third-order valence-electron chi connectivity index (χ3n) is 3.86. The Labute approximate surface area is 180 Å². The predicted octanol–water partition coefficient (Wildman–Crippen LogP) is 5.83. The van der Waals surface area contributed by atoms with Crippen LogP contribution in [0.4, 0.5) is 27.7 Å². The number of hydrogen-bond acceptors (Lipinski definition) is 6. The SMILES string of the molecule is CC(C)(C)OC(=O)Nc1cccc(Nc2nc(Cl)ncc2CNc2ccccc2)c1. The Kier molecular flexibility index (Phi) is 6.74. The van der Waals surface area contributed by atoms with Crippen molar-refractivity contribution < 1.29 is 9.53 Å². The topological polar surface area (TPSA) is 88.2 Å². The van der Waals surface area contributed by atoms with Gasteiger partial charge in [0.2, 0.25) is 5.28 Å². The van der Waals surface area contributed by atoms with Gasteiger partial charge in [-0.2, -0.15) is 0 Å². The van der Waals surface area contributed by atoms with Crippen LogP contribution in [-0.2, 0) is 11.3 Å². The second kappa shape index (κ2) is 9.45. The molecule has 0 saturated heterocycles. The molecule has 0 aliphatic carbocycles. The van der Waals surface area contributed by atoms with Gasteiger partial charge < -0.3 is 15.4 Å². The number of benzene rings is 2. The molecule has 0 spiro atoms. The quantitative estimate of drug-likeness (QED) is 0.430. The van der Waals surface area contributed by atoms with Crippen LogP contribution in [0.1, 0.15) is 26.3 Å². The molecule has 8 heteroatoms. The van der Waals surface area contributed by atoms with Crippen molar-refractivity contribution in [2.24, 2.45) is 0 Å². The van der Waals surface area contributed by atoms with Gasteiger partial charge in [0.25, 0.3) is 0 Å². The van der Waals surface area contributed by atoms with Crippen LogP contribution in [0.3, 0.4) is 0 Å². The summed E-state index contributed by atoms with van der Waals surface area (Å²) >= 11 is 6.01. The summed E-state index contributed by atoms with van der Waals surface area (Å²) in [5.74, 6) is 0.577. The molecule has 30 heavy (non-hydrogen) atoms. The molecule has 3 aromatic rings. The number of aromatic nitrogens is 2. The second-order valence-corrected chi connectivity index (χ2v) is 7.90. The molecule has 0 aliphatic heterocycles. The van der Waals surface area contributed by atoms with E-state index in [2.05, 4.69) is 25.9 Å². The van der Waals surface area contributed by atoms with E-state index in [9.17, 15) is 4.79 Å². The first-order valence-electron chi connectivity index (χ1n) is 9.46. The minimum atomic E-state index is -0.571. The van der Waals surface area contributed by atoms with Gasteiger partial charge in [0.1, 0.15) is 11.4 Å². The average Bonchev–Trinajstić information content (AvgIpc) is 2.67. The van der Waals surface area contributed by atoms with Gasteiger partial charge in [0.05, 0.1) is 0 Å². The molecule has 0 unspecified atom stereocenters. The lowest BCUT2D eigenvalue weighted by atomic mass is 10.2. The Hall–Kier alpha value is -3.32. The van der Waals surface area contributed by atoms with Crippen molar-refractivity contribution in [1.29, 1.82) is 0 Å². The Morgan fingerprint density at radius 1 is 1.03 bits per heavy atom. The first-order valence-corrected chi connectivity index (χ1v) is 9.84. The number of amides is 1. The van der Waals surface area contributed by atoms with Crippen molar-refractivity contribution in [1.82, 2.24) is 9.97 Å². The second-order valence-electron chi connectivity index (χ2n) is 7.57. The fourth-order valence-corrected chi connectivity index (χ4v) is 2.74. The maximum atomic E-state index is 12.0. The summed E-state index contributed by atoms with van der Waals surface area (Å²) in [5.41, 5.74) is 2.59. The van der Waals surface area contributed by atoms with Crippen LogP contribution in [-0.4, -0.2) is 21.7 Å². The van der Waals surface area contributed by atoms with Crippen LogP contribution in [0.2, 0.25) is 5.28 Å². The van der Waals surface area contributed by atoms with Crippen molar-refractivity contribution in [2.45, 2.75) is 32.9 Å². The van der Waals surface area contributed by atoms with Crippen molar-refractivity contribution in [3.8, 4) is 0 Å². The number of para-hydroxylation sites is 1. The molecule has 0 aliphatic rings. The third-order valence-corrected chi connectivity index (χ3v) is 4.04. The molecule has 0 atom stereocenters. The minimum Gasteiger partial charge on any atom is -0.444 e. The highest BCUT2D eigenvalue weighted by Crippen LogP contribution is 2.23.